The Morgan fingerprint density at radius 1 is 1.14 bits per heavy atom. The standard InChI is InChI=1S/C23H35N3OS/c1-14(2)20-24-21-19(22(27)26(20)16-9-11-25(6)12-10-16)17-8-7-15(23(3,4)5)13-18(17)28-21/h14-16H,7-13H2,1-6H3. The second-order valence-corrected chi connectivity index (χ2v) is 11.4. The Balaban J connectivity index is 1.84. The zero-order chi connectivity index (χ0) is 20.2. The molecule has 5 heteroatoms. The predicted octanol–water partition coefficient (Wildman–Crippen LogP) is 5.00. The van der Waals surface area contributed by atoms with Crippen molar-refractivity contribution in [2.75, 3.05) is 20.1 Å². The van der Waals surface area contributed by atoms with Crippen LogP contribution >= 0.6 is 11.3 Å². The summed E-state index contributed by atoms with van der Waals surface area (Å²) in [6.07, 6.45) is 5.40. The third kappa shape index (κ3) is 3.45. The summed E-state index contributed by atoms with van der Waals surface area (Å²) in [6, 6.07) is 0.291. The Labute approximate surface area is 173 Å². The van der Waals surface area contributed by atoms with E-state index in [0.717, 1.165) is 54.8 Å². The first-order chi connectivity index (χ1) is 13.2. The van der Waals surface area contributed by atoms with Gasteiger partial charge in [-0.3, -0.25) is 9.36 Å². The average Bonchev–Trinajstić information content (AvgIpc) is 2.99. The molecule has 0 N–H and O–H groups in total. The van der Waals surface area contributed by atoms with Crippen LogP contribution in [-0.4, -0.2) is 34.6 Å². The molecule has 28 heavy (non-hydrogen) atoms. The predicted molar refractivity (Wildman–Crippen MR) is 119 cm³/mol. The first kappa shape index (κ1) is 20.1. The Bertz CT molecular complexity index is 926. The van der Waals surface area contributed by atoms with Gasteiger partial charge >= 0.3 is 0 Å². The van der Waals surface area contributed by atoms with Crippen molar-refractivity contribution in [1.82, 2.24) is 14.5 Å². The van der Waals surface area contributed by atoms with Gasteiger partial charge in [0.1, 0.15) is 10.7 Å². The summed E-state index contributed by atoms with van der Waals surface area (Å²) in [6.45, 7) is 13.5. The first-order valence-electron chi connectivity index (χ1n) is 10.9. The summed E-state index contributed by atoms with van der Waals surface area (Å²) < 4.78 is 2.09. The van der Waals surface area contributed by atoms with Crippen LogP contribution in [0.4, 0.5) is 0 Å². The lowest BCUT2D eigenvalue weighted by Gasteiger charge is -2.34. The summed E-state index contributed by atoms with van der Waals surface area (Å²) in [5.41, 5.74) is 1.86. The highest BCUT2D eigenvalue weighted by Gasteiger charge is 2.33. The van der Waals surface area contributed by atoms with E-state index in [9.17, 15) is 4.79 Å². The minimum atomic E-state index is 0.231. The summed E-state index contributed by atoms with van der Waals surface area (Å²) in [7, 11) is 2.17. The van der Waals surface area contributed by atoms with Crippen LogP contribution in [0.5, 0.6) is 0 Å². The van der Waals surface area contributed by atoms with Gasteiger partial charge in [0.05, 0.1) is 5.39 Å². The topological polar surface area (TPSA) is 38.1 Å². The lowest BCUT2D eigenvalue weighted by atomic mass is 9.72. The molecule has 2 aromatic rings. The zero-order valence-corrected chi connectivity index (χ0v) is 19.2. The Kier molecular flexibility index (Phi) is 5.20. The quantitative estimate of drug-likeness (QED) is 0.711. The number of aryl methyl sites for hydroxylation is 1. The van der Waals surface area contributed by atoms with E-state index in [1.165, 1.54) is 16.9 Å². The van der Waals surface area contributed by atoms with Crippen LogP contribution < -0.4 is 5.56 Å². The fraction of sp³-hybridized carbons (Fsp3) is 0.739. The van der Waals surface area contributed by atoms with Crippen molar-refractivity contribution < 1.29 is 0 Å². The summed E-state index contributed by atoms with van der Waals surface area (Å²) in [4.78, 5) is 23.6. The normalized spacial score (nSPS) is 22.2. The van der Waals surface area contributed by atoms with Gasteiger partial charge in [-0.05, 0) is 69.1 Å². The number of fused-ring (bicyclic) bond motifs is 3. The van der Waals surface area contributed by atoms with Crippen LogP contribution in [-0.2, 0) is 12.8 Å². The molecular weight excluding hydrogens is 366 g/mol. The zero-order valence-electron chi connectivity index (χ0n) is 18.3. The van der Waals surface area contributed by atoms with Crippen LogP contribution in [0.3, 0.4) is 0 Å². The minimum absolute atomic E-state index is 0.231. The largest absolute Gasteiger partial charge is 0.306 e. The number of piperidine rings is 1. The second-order valence-electron chi connectivity index (χ2n) is 10.3. The highest BCUT2D eigenvalue weighted by atomic mass is 32.1. The Morgan fingerprint density at radius 3 is 2.43 bits per heavy atom. The van der Waals surface area contributed by atoms with Gasteiger partial charge in [0, 0.05) is 16.8 Å². The Hall–Kier alpha value is -1.20. The van der Waals surface area contributed by atoms with E-state index in [2.05, 4.69) is 51.1 Å². The smallest absolute Gasteiger partial charge is 0.262 e. The van der Waals surface area contributed by atoms with E-state index in [-0.39, 0.29) is 11.5 Å². The molecule has 1 fully saturated rings. The molecule has 4 rings (SSSR count). The molecule has 0 radical (unpaired) electrons. The third-order valence-electron chi connectivity index (χ3n) is 6.94. The van der Waals surface area contributed by atoms with Crippen molar-refractivity contribution in [3.63, 3.8) is 0 Å². The van der Waals surface area contributed by atoms with E-state index in [1.807, 2.05) is 0 Å². The van der Waals surface area contributed by atoms with Crippen LogP contribution in [0.1, 0.15) is 82.1 Å². The van der Waals surface area contributed by atoms with Gasteiger partial charge in [-0.25, -0.2) is 4.98 Å². The van der Waals surface area contributed by atoms with Crippen LogP contribution in [0, 0.1) is 11.3 Å². The van der Waals surface area contributed by atoms with Gasteiger partial charge in [0.15, 0.2) is 0 Å². The number of nitrogens with zero attached hydrogens (tertiary/aromatic N) is 3. The van der Waals surface area contributed by atoms with Gasteiger partial charge in [-0.15, -0.1) is 11.3 Å². The average molecular weight is 402 g/mol. The molecule has 0 aromatic carbocycles. The molecule has 2 aromatic heterocycles. The van der Waals surface area contributed by atoms with Crippen molar-refractivity contribution in [2.45, 2.75) is 78.7 Å². The van der Waals surface area contributed by atoms with E-state index in [1.54, 1.807) is 11.3 Å². The van der Waals surface area contributed by atoms with Crippen molar-refractivity contribution in [2.24, 2.45) is 11.3 Å². The molecule has 1 aliphatic carbocycles. The van der Waals surface area contributed by atoms with Gasteiger partial charge in [0.25, 0.3) is 5.56 Å². The first-order valence-corrected chi connectivity index (χ1v) is 11.7. The SMILES string of the molecule is CC(C)c1nc2sc3c(c2c(=O)n1C1CCN(C)CC1)CCC(C(C)(C)C)C3. The van der Waals surface area contributed by atoms with Crippen LogP contribution in [0.25, 0.3) is 10.2 Å². The molecule has 0 bridgehead atoms. The van der Waals surface area contributed by atoms with E-state index < -0.39 is 0 Å². The van der Waals surface area contributed by atoms with Gasteiger partial charge in [-0.1, -0.05) is 34.6 Å². The molecule has 2 aliphatic rings. The number of hydrogen-bond donors (Lipinski definition) is 0. The molecule has 0 spiro atoms. The Morgan fingerprint density at radius 2 is 1.82 bits per heavy atom. The maximum Gasteiger partial charge on any atom is 0.262 e. The highest BCUT2D eigenvalue weighted by molar-refractivity contribution is 7.18. The van der Waals surface area contributed by atoms with E-state index >= 15 is 0 Å². The van der Waals surface area contributed by atoms with E-state index in [0.29, 0.717) is 17.4 Å². The van der Waals surface area contributed by atoms with Crippen LogP contribution in [0.2, 0.25) is 0 Å². The van der Waals surface area contributed by atoms with Gasteiger partial charge in [-0.2, -0.15) is 0 Å². The van der Waals surface area contributed by atoms with E-state index in [4.69, 9.17) is 4.98 Å². The highest BCUT2D eigenvalue weighted by Crippen LogP contribution is 2.42. The van der Waals surface area contributed by atoms with Crippen molar-refractivity contribution in [3.05, 3.63) is 26.6 Å². The summed E-state index contributed by atoms with van der Waals surface area (Å²) >= 11 is 1.79. The molecule has 1 atom stereocenters. The molecule has 1 aliphatic heterocycles. The molecule has 1 saturated heterocycles. The minimum Gasteiger partial charge on any atom is -0.306 e. The number of rotatable bonds is 2. The number of aromatic nitrogens is 2. The second kappa shape index (κ2) is 7.24. The number of thiophene rings is 1. The number of hydrogen-bond acceptors (Lipinski definition) is 4. The van der Waals surface area contributed by atoms with Crippen molar-refractivity contribution >= 4 is 21.6 Å². The third-order valence-corrected chi connectivity index (χ3v) is 8.08. The molecule has 4 nitrogen and oxygen atoms in total. The monoisotopic (exact) mass is 401 g/mol. The lowest BCUT2D eigenvalue weighted by Crippen LogP contribution is -2.37. The molecule has 3 heterocycles. The van der Waals surface area contributed by atoms with Gasteiger partial charge < -0.3 is 4.90 Å². The fourth-order valence-corrected chi connectivity index (χ4v) is 6.30. The molecular formula is C23H35N3OS. The molecule has 0 saturated carbocycles. The lowest BCUT2D eigenvalue weighted by molar-refractivity contribution is 0.214. The van der Waals surface area contributed by atoms with Gasteiger partial charge in [0.2, 0.25) is 0 Å². The molecule has 0 amide bonds. The summed E-state index contributed by atoms with van der Waals surface area (Å²) in [5.74, 6) is 1.94. The molecule has 154 valence electrons. The summed E-state index contributed by atoms with van der Waals surface area (Å²) in [5, 5.41) is 0.940. The van der Waals surface area contributed by atoms with Crippen molar-refractivity contribution in [1.29, 1.82) is 0 Å². The molecule has 1 unspecified atom stereocenters. The maximum atomic E-state index is 13.8. The van der Waals surface area contributed by atoms with Crippen molar-refractivity contribution in [3.8, 4) is 0 Å². The maximum absolute atomic E-state index is 13.8. The van der Waals surface area contributed by atoms with Crippen LogP contribution in [0.15, 0.2) is 4.79 Å². The number of likely N-dealkylation sites (tertiary alicyclic amines) is 1. The fourth-order valence-electron chi connectivity index (χ4n) is 5.01.